The topological polar surface area (TPSA) is 107 Å². The van der Waals surface area contributed by atoms with Gasteiger partial charge < -0.3 is 24.7 Å². The van der Waals surface area contributed by atoms with Crippen LogP contribution in [0.1, 0.15) is 39.5 Å². The number of amides is 2. The summed E-state index contributed by atoms with van der Waals surface area (Å²) in [5, 5.41) is 18.9. The Morgan fingerprint density at radius 3 is 2.67 bits per heavy atom. The predicted molar refractivity (Wildman–Crippen MR) is 113 cm³/mol. The summed E-state index contributed by atoms with van der Waals surface area (Å²) in [4.78, 5) is 42.2. The van der Waals surface area contributed by atoms with Crippen molar-refractivity contribution in [3.63, 3.8) is 0 Å². The van der Waals surface area contributed by atoms with Crippen LogP contribution >= 0.6 is 15.9 Å². The molecule has 30 heavy (non-hydrogen) atoms. The first-order valence-electron chi connectivity index (χ1n) is 10.6. The van der Waals surface area contributed by atoms with E-state index >= 15 is 0 Å². The second kappa shape index (κ2) is 8.96. The molecule has 2 amide bonds. The summed E-state index contributed by atoms with van der Waals surface area (Å²) < 4.78 is 6.24. The van der Waals surface area contributed by atoms with Gasteiger partial charge in [0.1, 0.15) is 11.6 Å². The summed E-state index contributed by atoms with van der Waals surface area (Å²) in [5.74, 6) is -3.44. The summed E-state index contributed by atoms with van der Waals surface area (Å²) >= 11 is 3.53. The highest BCUT2D eigenvalue weighted by atomic mass is 79.9. The minimum Gasteiger partial charge on any atom is -0.481 e. The number of carboxylic acid groups (broad SMARTS) is 1. The largest absolute Gasteiger partial charge is 0.481 e. The molecule has 3 heterocycles. The van der Waals surface area contributed by atoms with E-state index in [1.165, 1.54) is 0 Å². The van der Waals surface area contributed by atoms with Gasteiger partial charge in [-0.2, -0.15) is 0 Å². The van der Waals surface area contributed by atoms with Gasteiger partial charge in [0.25, 0.3) is 0 Å². The number of fused-ring (bicyclic) bond motifs is 1. The standard InChI is InChI=1S/C21H31BrN2O6/c1-4-8-23(12(2)3)19(27)17-21-11-13(22)16(30-21)14(20(28)29)15(21)18(26)24(17)9-6-5-7-10-25/h4,12-17,25H,1,5-11H2,2-3H3,(H,28,29)/t13?,14-,15+,16-,17-,21+/m0/s1. The third kappa shape index (κ3) is 3.58. The maximum absolute atomic E-state index is 13.7. The Labute approximate surface area is 185 Å². The minimum atomic E-state index is -1.14. The van der Waals surface area contributed by atoms with Crippen molar-refractivity contribution >= 4 is 33.7 Å². The van der Waals surface area contributed by atoms with Gasteiger partial charge in [-0.25, -0.2) is 0 Å². The Bertz CT molecular complexity index is 716. The molecule has 1 unspecified atom stereocenters. The van der Waals surface area contributed by atoms with E-state index in [1.807, 2.05) is 13.8 Å². The first-order valence-corrected chi connectivity index (χ1v) is 11.5. The van der Waals surface area contributed by atoms with Crippen molar-refractivity contribution < 1.29 is 29.3 Å². The number of aliphatic hydroxyl groups excluding tert-OH is 1. The van der Waals surface area contributed by atoms with Crippen LogP contribution in [0.3, 0.4) is 0 Å². The molecule has 9 heteroatoms. The Kier molecular flexibility index (Phi) is 6.94. The summed E-state index contributed by atoms with van der Waals surface area (Å²) in [6.45, 7) is 8.29. The van der Waals surface area contributed by atoms with E-state index in [4.69, 9.17) is 9.84 Å². The van der Waals surface area contributed by atoms with Crippen molar-refractivity contribution in [2.45, 2.75) is 68.1 Å². The summed E-state index contributed by atoms with van der Waals surface area (Å²) in [6, 6.07) is -0.966. The zero-order valence-electron chi connectivity index (χ0n) is 17.5. The number of carbonyl (C=O) groups excluding carboxylic acids is 2. The molecule has 8 nitrogen and oxygen atoms in total. The van der Waals surface area contributed by atoms with Crippen LogP contribution in [0.4, 0.5) is 0 Å². The highest BCUT2D eigenvalue weighted by Gasteiger charge is 2.76. The predicted octanol–water partition coefficient (Wildman–Crippen LogP) is 1.40. The number of nitrogens with zero attached hydrogens (tertiary/aromatic N) is 2. The van der Waals surface area contributed by atoms with Crippen LogP contribution in [-0.2, 0) is 19.1 Å². The summed E-state index contributed by atoms with van der Waals surface area (Å²) in [5.41, 5.74) is -1.14. The van der Waals surface area contributed by atoms with Gasteiger partial charge in [-0.15, -0.1) is 6.58 Å². The van der Waals surface area contributed by atoms with Crippen molar-refractivity contribution in [3.8, 4) is 0 Å². The number of aliphatic hydroxyl groups is 1. The van der Waals surface area contributed by atoms with Gasteiger partial charge in [0.15, 0.2) is 0 Å². The minimum absolute atomic E-state index is 0.0699. The van der Waals surface area contributed by atoms with Gasteiger partial charge in [0.2, 0.25) is 11.8 Å². The smallest absolute Gasteiger partial charge is 0.310 e. The molecular weight excluding hydrogens is 456 g/mol. The van der Waals surface area contributed by atoms with E-state index in [1.54, 1.807) is 15.9 Å². The fourth-order valence-corrected chi connectivity index (χ4v) is 6.30. The number of carbonyl (C=O) groups is 3. The quantitative estimate of drug-likeness (QED) is 0.274. The molecule has 3 fully saturated rings. The average molecular weight is 487 g/mol. The lowest BCUT2D eigenvalue weighted by Gasteiger charge is -2.38. The number of unbranched alkanes of at least 4 members (excludes halogenated alkanes) is 2. The first-order chi connectivity index (χ1) is 14.2. The number of hydrogen-bond acceptors (Lipinski definition) is 5. The second-order valence-corrected chi connectivity index (χ2v) is 9.87. The lowest BCUT2D eigenvalue weighted by molar-refractivity contribution is -0.151. The fraction of sp³-hybridized carbons (Fsp3) is 0.762. The molecule has 3 aliphatic heterocycles. The molecule has 168 valence electrons. The third-order valence-corrected chi connectivity index (χ3v) is 7.44. The van der Waals surface area contributed by atoms with Crippen LogP contribution in [0.2, 0.25) is 0 Å². The summed E-state index contributed by atoms with van der Waals surface area (Å²) in [7, 11) is 0. The Hall–Kier alpha value is -1.45. The third-order valence-electron chi connectivity index (χ3n) is 6.60. The monoisotopic (exact) mass is 486 g/mol. The number of aliphatic carboxylic acids is 1. The highest BCUT2D eigenvalue weighted by molar-refractivity contribution is 9.09. The van der Waals surface area contributed by atoms with Crippen molar-refractivity contribution in [2.75, 3.05) is 19.7 Å². The van der Waals surface area contributed by atoms with Gasteiger partial charge in [0.05, 0.1) is 17.9 Å². The molecular formula is C21H31BrN2O6. The van der Waals surface area contributed by atoms with E-state index in [0.717, 1.165) is 0 Å². The number of halogens is 1. The summed E-state index contributed by atoms with van der Waals surface area (Å²) in [6.07, 6.45) is 3.39. The first kappa shape index (κ1) is 23.2. The van der Waals surface area contributed by atoms with Gasteiger partial charge in [-0.05, 0) is 39.5 Å². The maximum Gasteiger partial charge on any atom is 0.310 e. The SMILES string of the molecule is C=CCN(C(=O)[C@@H]1N(CCCCCO)C(=O)[C@H]2[C@H](C(=O)O)[C@H]3O[C@@]12CC3Br)C(C)C. The van der Waals surface area contributed by atoms with Crippen LogP contribution in [0.25, 0.3) is 0 Å². The number of rotatable bonds is 10. The lowest BCUT2D eigenvalue weighted by atomic mass is 9.70. The maximum atomic E-state index is 13.7. The van der Waals surface area contributed by atoms with Crippen molar-refractivity contribution in [3.05, 3.63) is 12.7 Å². The Balaban J connectivity index is 2.00. The van der Waals surface area contributed by atoms with Gasteiger partial charge in [0, 0.05) is 30.6 Å². The Morgan fingerprint density at radius 2 is 2.10 bits per heavy atom. The molecule has 3 saturated heterocycles. The van der Waals surface area contributed by atoms with Crippen LogP contribution in [0.5, 0.6) is 0 Å². The molecule has 3 aliphatic rings. The Morgan fingerprint density at radius 1 is 1.40 bits per heavy atom. The molecule has 0 aromatic heterocycles. The zero-order chi connectivity index (χ0) is 22.2. The number of hydrogen-bond donors (Lipinski definition) is 2. The number of likely N-dealkylation sites (tertiary alicyclic amines) is 1. The van der Waals surface area contributed by atoms with E-state index < -0.39 is 35.6 Å². The zero-order valence-corrected chi connectivity index (χ0v) is 19.1. The number of alkyl halides is 1. The highest BCUT2D eigenvalue weighted by Crippen LogP contribution is 2.60. The molecule has 2 N–H and O–H groups in total. The van der Waals surface area contributed by atoms with E-state index in [2.05, 4.69) is 22.5 Å². The van der Waals surface area contributed by atoms with Crippen LogP contribution in [0, 0.1) is 11.8 Å². The lowest BCUT2D eigenvalue weighted by Crippen LogP contribution is -2.58. The normalized spacial score (nSPS) is 34.5. The van der Waals surface area contributed by atoms with Gasteiger partial charge in [-0.3, -0.25) is 14.4 Å². The van der Waals surface area contributed by atoms with Crippen molar-refractivity contribution in [1.29, 1.82) is 0 Å². The van der Waals surface area contributed by atoms with E-state index in [0.29, 0.717) is 38.8 Å². The average Bonchev–Trinajstić information content (AvgIpc) is 3.26. The molecule has 3 rings (SSSR count). The van der Waals surface area contributed by atoms with Crippen LogP contribution < -0.4 is 0 Å². The van der Waals surface area contributed by atoms with Gasteiger partial charge >= 0.3 is 5.97 Å². The number of carboxylic acids is 1. The van der Waals surface area contributed by atoms with Crippen LogP contribution in [0.15, 0.2) is 12.7 Å². The number of ether oxygens (including phenoxy) is 1. The molecule has 0 radical (unpaired) electrons. The van der Waals surface area contributed by atoms with Crippen LogP contribution in [-0.4, -0.2) is 86.1 Å². The van der Waals surface area contributed by atoms with Crippen molar-refractivity contribution in [1.82, 2.24) is 9.80 Å². The molecule has 0 saturated carbocycles. The second-order valence-electron chi connectivity index (χ2n) is 8.69. The molecule has 0 aromatic carbocycles. The molecule has 1 spiro atoms. The molecule has 6 atom stereocenters. The molecule has 0 aromatic rings. The van der Waals surface area contributed by atoms with E-state index in [9.17, 15) is 19.5 Å². The van der Waals surface area contributed by atoms with Gasteiger partial charge in [-0.1, -0.05) is 22.0 Å². The van der Waals surface area contributed by atoms with Crippen molar-refractivity contribution in [2.24, 2.45) is 11.8 Å². The molecule has 2 bridgehead atoms. The fourth-order valence-electron chi connectivity index (χ4n) is 5.35. The molecule has 0 aliphatic carbocycles. The van der Waals surface area contributed by atoms with E-state index in [-0.39, 0.29) is 29.3 Å².